The average molecular weight is 267 g/mol. The van der Waals surface area contributed by atoms with Crippen LogP contribution in [0.15, 0.2) is 12.1 Å². The molecule has 0 unspecified atom stereocenters. The number of nitrogens with one attached hydrogen (secondary N) is 1. The quantitative estimate of drug-likeness (QED) is 0.654. The minimum absolute atomic E-state index is 0.384. The smallest absolute Gasteiger partial charge is 0.184 e. The van der Waals surface area contributed by atoms with Gasteiger partial charge in [0.25, 0.3) is 0 Å². The van der Waals surface area contributed by atoms with Crippen LogP contribution in [0.3, 0.4) is 0 Å². The zero-order valence-electron chi connectivity index (χ0n) is 11.1. The van der Waals surface area contributed by atoms with E-state index in [-0.39, 0.29) is 0 Å². The van der Waals surface area contributed by atoms with E-state index in [1.807, 2.05) is 0 Å². The Bertz CT molecular complexity index is 514. The molecule has 5 heteroatoms. The van der Waals surface area contributed by atoms with E-state index in [2.05, 4.69) is 11.2 Å². The van der Waals surface area contributed by atoms with Crippen LogP contribution in [0, 0.1) is 12.3 Å². The minimum Gasteiger partial charge on any atom is -0.492 e. The molecule has 0 fully saturated rings. The summed E-state index contributed by atoms with van der Waals surface area (Å²) >= 11 is 0. The molecule has 0 aliphatic rings. The number of benzene rings is 1. The van der Waals surface area contributed by atoms with E-state index in [0.29, 0.717) is 23.3 Å². The highest BCUT2D eigenvalue weighted by molar-refractivity contribution is 7.70. The molecule has 0 aromatic heterocycles. The first-order valence-electron chi connectivity index (χ1n) is 5.43. The SMILES string of the molecule is C#CCNc1ccc(P(C)(C)=O)c(OC)c1OC. The number of ether oxygens (including phenoxy) is 2. The molecule has 0 atom stereocenters. The first-order chi connectivity index (χ1) is 8.45. The lowest BCUT2D eigenvalue weighted by Gasteiger charge is -2.18. The van der Waals surface area contributed by atoms with Crippen LogP contribution in [0.1, 0.15) is 0 Å². The monoisotopic (exact) mass is 267 g/mol. The molecule has 0 aliphatic carbocycles. The standard InChI is InChI=1S/C13H18NO3P/c1-6-9-14-10-7-8-11(18(4,5)15)13(17-3)12(10)16-2/h1,7-8,14H,9H2,2-5H3. The first kappa shape index (κ1) is 14.5. The van der Waals surface area contributed by atoms with Gasteiger partial charge in [-0.15, -0.1) is 6.42 Å². The lowest BCUT2D eigenvalue weighted by Crippen LogP contribution is -2.11. The Morgan fingerprint density at radius 3 is 2.33 bits per heavy atom. The molecule has 98 valence electrons. The Morgan fingerprint density at radius 2 is 1.89 bits per heavy atom. The van der Waals surface area contributed by atoms with Crippen molar-refractivity contribution < 1.29 is 14.0 Å². The van der Waals surface area contributed by atoms with Gasteiger partial charge in [0, 0.05) is 0 Å². The second-order valence-electron chi connectivity index (χ2n) is 4.11. The maximum atomic E-state index is 12.2. The van der Waals surface area contributed by atoms with Crippen LogP contribution < -0.4 is 20.1 Å². The van der Waals surface area contributed by atoms with E-state index in [0.717, 1.165) is 5.69 Å². The van der Waals surface area contributed by atoms with Crippen LogP contribution in [0.25, 0.3) is 0 Å². The number of anilines is 1. The molecule has 0 aliphatic heterocycles. The predicted octanol–water partition coefficient (Wildman–Crippen LogP) is 2.00. The zero-order valence-corrected chi connectivity index (χ0v) is 12.0. The Morgan fingerprint density at radius 1 is 1.28 bits per heavy atom. The summed E-state index contributed by atoms with van der Waals surface area (Å²) in [5.74, 6) is 3.50. The molecule has 0 bridgehead atoms. The van der Waals surface area contributed by atoms with Crippen LogP contribution in [0.4, 0.5) is 5.69 Å². The predicted molar refractivity (Wildman–Crippen MR) is 76.0 cm³/mol. The van der Waals surface area contributed by atoms with Crippen molar-refractivity contribution in [3.8, 4) is 23.8 Å². The van der Waals surface area contributed by atoms with Crippen LogP contribution >= 0.6 is 7.14 Å². The highest BCUT2D eigenvalue weighted by Gasteiger charge is 2.22. The van der Waals surface area contributed by atoms with Gasteiger partial charge in [0.15, 0.2) is 11.5 Å². The van der Waals surface area contributed by atoms with Crippen molar-refractivity contribution in [2.75, 3.05) is 39.4 Å². The van der Waals surface area contributed by atoms with Gasteiger partial charge in [-0.3, -0.25) is 0 Å². The molecular weight excluding hydrogens is 249 g/mol. The Hall–Kier alpha value is -1.59. The number of methoxy groups -OCH3 is 2. The number of rotatable bonds is 5. The molecule has 0 saturated heterocycles. The summed E-state index contributed by atoms with van der Waals surface area (Å²) in [7, 11) is 0.639. The third kappa shape index (κ3) is 3.00. The van der Waals surface area contributed by atoms with Gasteiger partial charge in [-0.25, -0.2) is 0 Å². The van der Waals surface area contributed by atoms with Crippen molar-refractivity contribution in [3.05, 3.63) is 12.1 Å². The molecule has 1 aromatic carbocycles. The van der Waals surface area contributed by atoms with Crippen molar-refractivity contribution in [2.24, 2.45) is 0 Å². The molecule has 0 amide bonds. The Labute approximate surface area is 108 Å². The molecule has 0 saturated carbocycles. The molecular formula is C13H18NO3P. The first-order valence-corrected chi connectivity index (χ1v) is 8.03. The van der Waals surface area contributed by atoms with Gasteiger partial charge in [0.05, 0.1) is 31.8 Å². The fraction of sp³-hybridized carbons (Fsp3) is 0.385. The Kier molecular flexibility index (Phi) is 4.69. The average Bonchev–Trinajstić information content (AvgIpc) is 2.33. The highest BCUT2D eigenvalue weighted by Crippen LogP contribution is 2.44. The maximum Gasteiger partial charge on any atom is 0.184 e. The summed E-state index contributed by atoms with van der Waals surface area (Å²) in [4.78, 5) is 0. The van der Waals surface area contributed by atoms with Crippen molar-refractivity contribution in [3.63, 3.8) is 0 Å². The lowest BCUT2D eigenvalue weighted by atomic mass is 10.2. The van der Waals surface area contributed by atoms with Gasteiger partial charge in [0.2, 0.25) is 0 Å². The molecule has 1 aromatic rings. The second-order valence-corrected chi connectivity index (χ2v) is 7.29. The fourth-order valence-corrected chi connectivity index (χ4v) is 2.78. The molecule has 0 heterocycles. The van der Waals surface area contributed by atoms with E-state index < -0.39 is 7.14 Å². The molecule has 1 N–H and O–H groups in total. The summed E-state index contributed by atoms with van der Waals surface area (Å²) in [6.07, 6.45) is 5.21. The van der Waals surface area contributed by atoms with Gasteiger partial charge >= 0.3 is 0 Å². The van der Waals surface area contributed by atoms with Crippen molar-refractivity contribution in [1.29, 1.82) is 0 Å². The summed E-state index contributed by atoms with van der Waals surface area (Å²) < 4.78 is 22.8. The van der Waals surface area contributed by atoms with Crippen LogP contribution in [-0.2, 0) is 4.57 Å². The van der Waals surface area contributed by atoms with E-state index in [4.69, 9.17) is 15.9 Å². The summed E-state index contributed by atoms with van der Waals surface area (Å²) in [6, 6.07) is 3.58. The molecule has 1 rings (SSSR count). The van der Waals surface area contributed by atoms with Gasteiger partial charge < -0.3 is 19.4 Å². The molecule has 18 heavy (non-hydrogen) atoms. The minimum atomic E-state index is -2.43. The summed E-state index contributed by atoms with van der Waals surface area (Å²) in [5.41, 5.74) is 0.726. The number of terminal acetylenes is 1. The van der Waals surface area contributed by atoms with Crippen molar-refractivity contribution in [2.45, 2.75) is 0 Å². The van der Waals surface area contributed by atoms with E-state index in [1.165, 1.54) is 7.11 Å². The maximum absolute atomic E-state index is 12.2. The summed E-state index contributed by atoms with van der Waals surface area (Å²) in [5, 5.41) is 3.70. The summed E-state index contributed by atoms with van der Waals surface area (Å²) in [6.45, 7) is 3.77. The normalized spacial score (nSPS) is 10.6. The number of hydrogen-bond acceptors (Lipinski definition) is 4. The van der Waals surface area contributed by atoms with Gasteiger partial charge in [-0.1, -0.05) is 5.92 Å². The molecule has 4 nitrogen and oxygen atoms in total. The molecule has 0 spiro atoms. The van der Waals surface area contributed by atoms with Gasteiger partial charge in [0.1, 0.15) is 7.14 Å². The van der Waals surface area contributed by atoms with Crippen molar-refractivity contribution >= 4 is 18.1 Å². The van der Waals surface area contributed by atoms with Crippen LogP contribution in [0.2, 0.25) is 0 Å². The fourth-order valence-electron chi connectivity index (χ4n) is 1.66. The van der Waals surface area contributed by atoms with Gasteiger partial charge in [-0.2, -0.15) is 0 Å². The second kappa shape index (κ2) is 5.84. The third-order valence-corrected chi connectivity index (χ3v) is 3.97. The van der Waals surface area contributed by atoms with Gasteiger partial charge in [-0.05, 0) is 25.5 Å². The molecule has 0 radical (unpaired) electrons. The largest absolute Gasteiger partial charge is 0.492 e. The van der Waals surface area contributed by atoms with Crippen LogP contribution in [0.5, 0.6) is 11.5 Å². The zero-order chi connectivity index (χ0) is 13.8. The highest BCUT2D eigenvalue weighted by atomic mass is 31.2. The topological polar surface area (TPSA) is 47.6 Å². The van der Waals surface area contributed by atoms with E-state index in [9.17, 15) is 4.57 Å². The van der Waals surface area contributed by atoms with Crippen LogP contribution in [-0.4, -0.2) is 34.1 Å². The van der Waals surface area contributed by atoms with E-state index >= 15 is 0 Å². The van der Waals surface area contributed by atoms with Crippen molar-refractivity contribution in [1.82, 2.24) is 0 Å². The number of hydrogen-bond donors (Lipinski definition) is 1. The lowest BCUT2D eigenvalue weighted by molar-refractivity contribution is 0.358. The van der Waals surface area contributed by atoms with E-state index in [1.54, 1.807) is 32.6 Å². The third-order valence-electron chi connectivity index (χ3n) is 2.46. The Balaban J connectivity index is 3.37.